The minimum Gasteiger partial charge on any atom is -0.330 e. The first-order valence-corrected chi connectivity index (χ1v) is 7.63. The maximum absolute atomic E-state index is 6.30. The van der Waals surface area contributed by atoms with Crippen molar-refractivity contribution in [2.24, 2.45) is 5.73 Å². The number of nitrogens with zero attached hydrogens (tertiary/aromatic N) is 2. The Labute approximate surface area is 125 Å². The van der Waals surface area contributed by atoms with Crippen LogP contribution in [0.4, 0.5) is 0 Å². The van der Waals surface area contributed by atoms with Crippen molar-refractivity contribution in [1.82, 2.24) is 9.88 Å². The van der Waals surface area contributed by atoms with Crippen molar-refractivity contribution in [1.29, 1.82) is 0 Å². The molecule has 1 aromatic heterocycles. The van der Waals surface area contributed by atoms with Crippen LogP contribution in [0.1, 0.15) is 36.9 Å². The van der Waals surface area contributed by atoms with Crippen LogP contribution in [-0.2, 0) is 6.54 Å². The zero-order chi connectivity index (χ0) is 13.8. The number of halogens is 2. The van der Waals surface area contributed by atoms with Crippen LogP contribution in [-0.4, -0.2) is 29.0 Å². The fraction of sp³-hybridized carbons (Fsp3) is 0.643. The number of hydrogen-bond acceptors (Lipinski definition) is 3. The molecule has 19 heavy (non-hydrogen) atoms. The van der Waals surface area contributed by atoms with E-state index in [1.807, 2.05) is 13.0 Å². The Kier molecular flexibility index (Phi) is 5.46. The van der Waals surface area contributed by atoms with Gasteiger partial charge in [0.05, 0.1) is 0 Å². The summed E-state index contributed by atoms with van der Waals surface area (Å²) in [5, 5.41) is 1.25. The van der Waals surface area contributed by atoms with E-state index in [0.717, 1.165) is 42.3 Å². The van der Waals surface area contributed by atoms with Crippen LogP contribution in [0.15, 0.2) is 6.07 Å². The summed E-state index contributed by atoms with van der Waals surface area (Å²) in [7, 11) is 0. The molecule has 0 saturated carbocycles. The number of piperidine rings is 1. The highest BCUT2D eigenvalue weighted by atomic mass is 35.5. The first-order chi connectivity index (χ1) is 9.11. The normalized spacial score (nSPS) is 20.7. The SMILES string of the molecule is Cc1cc(Cl)c(CN2CCCCC2CCN)c(Cl)n1. The van der Waals surface area contributed by atoms with Gasteiger partial charge in [0.25, 0.3) is 0 Å². The van der Waals surface area contributed by atoms with Crippen LogP contribution in [0.25, 0.3) is 0 Å². The molecular weight excluding hydrogens is 281 g/mol. The lowest BCUT2D eigenvalue weighted by atomic mass is 9.98. The predicted molar refractivity (Wildman–Crippen MR) is 80.7 cm³/mol. The number of aromatic nitrogens is 1. The standard InChI is InChI=1S/C14H21Cl2N3/c1-10-8-13(15)12(14(16)18-10)9-19-7-3-2-4-11(19)5-6-17/h8,11H,2-7,9,17H2,1H3. The van der Waals surface area contributed by atoms with Crippen LogP contribution in [0.3, 0.4) is 0 Å². The van der Waals surface area contributed by atoms with Gasteiger partial charge in [0.15, 0.2) is 0 Å². The van der Waals surface area contributed by atoms with E-state index in [4.69, 9.17) is 28.9 Å². The molecule has 0 amide bonds. The zero-order valence-corrected chi connectivity index (χ0v) is 12.8. The van der Waals surface area contributed by atoms with E-state index < -0.39 is 0 Å². The van der Waals surface area contributed by atoms with Crippen molar-refractivity contribution < 1.29 is 0 Å². The van der Waals surface area contributed by atoms with E-state index in [0.29, 0.717) is 11.2 Å². The van der Waals surface area contributed by atoms with Gasteiger partial charge in [-0.05, 0) is 45.3 Å². The minimum absolute atomic E-state index is 0.530. The largest absolute Gasteiger partial charge is 0.330 e. The monoisotopic (exact) mass is 301 g/mol. The average Bonchev–Trinajstić information content (AvgIpc) is 2.36. The summed E-state index contributed by atoms with van der Waals surface area (Å²) in [6.07, 6.45) is 4.77. The molecule has 0 aliphatic carbocycles. The van der Waals surface area contributed by atoms with E-state index in [9.17, 15) is 0 Å². The minimum atomic E-state index is 0.530. The van der Waals surface area contributed by atoms with Gasteiger partial charge in [-0.1, -0.05) is 29.6 Å². The maximum atomic E-state index is 6.30. The Morgan fingerprint density at radius 2 is 2.21 bits per heavy atom. The second-order valence-corrected chi connectivity index (χ2v) is 5.98. The lowest BCUT2D eigenvalue weighted by Crippen LogP contribution is -2.40. The van der Waals surface area contributed by atoms with E-state index in [-0.39, 0.29) is 0 Å². The quantitative estimate of drug-likeness (QED) is 0.867. The van der Waals surface area contributed by atoms with E-state index >= 15 is 0 Å². The van der Waals surface area contributed by atoms with E-state index in [2.05, 4.69) is 9.88 Å². The fourth-order valence-corrected chi connectivity index (χ4v) is 3.41. The lowest BCUT2D eigenvalue weighted by Gasteiger charge is -2.36. The van der Waals surface area contributed by atoms with Gasteiger partial charge in [-0.2, -0.15) is 0 Å². The van der Waals surface area contributed by atoms with Gasteiger partial charge in [0.2, 0.25) is 0 Å². The van der Waals surface area contributed by atoms with Crippen LogP contribution in [0.5, 0.6) is 0 Å². The molecular formula is C14H21Cl2N3. The average molecular weight is 302 g/mol. The van der Waals surface area contributed by atoms with E-state index in [1.54, 1.807) is 0 Å². The summed E-state index contributed by atoms with van der Waals surface area (Å²) in [5.74, 6) is 0. The summed E-state index contributed by atoms with van der Waals surface area (Å²) in [4.78, 5) is 6.75. The molecule has 1 saturated heterocycles. The van der Waals surface area contributed by atoms with Gasteiger partial charge in [-0.15, -0.1) is 0 Å². The van der Waals surface area contributed by atoms with Crippen molar-refractivity contribution in [2.75, 3.05) is 13.1 Å². The Morgan fingerprint density at radius 3 is 2.89 bits per heavy atom. The van der Waals surface area contributed by atoms with Crippen molar-refractivity contribution >= 4 is 23.2 Å². The number of aryl methyl sites for hydroxylation is 1. The van der Waals surface area contributed by atoms with Crippen molar-refractivity contribution in [3.63, 3.8) is 0 Å². The third-order valence-corrected chi connectivity index (χ3v) is 4.41. The lowest BCUT2D eigenvalue weighted by molar-refractivity contribution is 0.134. The van der Waals surface area contributed by atoms with Crippen molar-refractivity contribution in [3.8, 4) is 0 Å². The molecule has 1 aromatic rings. The summed E-state index contributed by atoms with van der Waals surface area (Å²) in [6.45, 7) is 4.50. The Balaban J connectivity index is 2.15. The Bertz CT molecular complexity index is 412. The molecule has 2 N–H and O–H groups in total. The number of rotatable bonds is 4. The maximum Gasteiger partial charge on any atom is 0.135 e. The van der Waals surface area contributed by atoms with Gasteiger partial charge < -0.3 is 5.73 Å². The molecule has 0 bridgehead atoms. The van der Waals surface area contributed by atoms with E-state index in [1.165, 1.54) is 19.3 Å². The number of nitrogens with two attached hydrogens (primary N) is 1. The molecule has 0 spiro atoms. The molecule has 0 radical (unpaired) electrons. The number of likely N-dealkylation sites (tertiary alicyclic amines) is 1. The second kappa shape index (κ2) is 6.89. The van der Waals surface area contributed by atoms with Gasteiger partial charge in [0, 0.05) is 28.9 Å². The number of hydrogen-bond donors (Lipinski definition) is 1. The summed E-state index contributed by atoms with van der Waals surface area (Å²) in [5.41, 5.74) is 7.50. The van der Waals surface area contributed by atoms with Gasteiger partial charge in [0.1, 0.15) is 5.15 Å². The van der Waals surface area contributed by atoms with Crippen LogP contribution in [0, 0.1) is 6.92 Å². The third kappa shape index (κ3) is 3.82. The van der Waals surface area contributed by atoms with Crippen LogP contribution < -0.4 is 5.73 Å². The first kappa shape index (κ1) is 15.0. The highest BCUT2D eigenvalue weighted by molar-refractivity contribution is 6.35. The second-order valence-electron chi connectivity index (χ2n) is 5.21. The molecule has 0 aromatic carbocycles. The fourth-order valence-electron chi connectivity index (χ4n) is 2.75. The van der Waals surface area contributed by atoms with Crippen molar-refractivity contribution in [2.45, 2.75) is 45.2 Å². The zero-order valence-electron chi connectivity index (χ0n) is 11.3. The summed E-state index contributed by atoms with van der Waals surface area (Å²) < 4.78 is 0. The highest BCUT2D eigenvalue weighted by Gasteiger charge is 2.23. The molecule has 2 rings (SSSR count). The Morgan fingerprint density at radius 1 is 1.42 bits per heavy atom. The molecule has 3 nitrogen and oxygen atoms in total. The van der Waals surface area contributed by atoms with Crippen LogP contribution in [0.2, 0.25) is 10.2 Å². The molecule has 1 fully saturated rings. The number of pyridine rings is 1. The predicted octanol–water partition coefficient (Wildman–Crippen LogP) is 3.40. The highest BCUT2D eigenvalue weighted by Crippen LogP contribution is 2.28. The molecule has 1 aliphatic heterocycles. The Hall–Kier alpha value is -0.350. The molecule has 1 unspecified atom stereocenters. The smallest absolute Gasteiger partial charge is 0.135 e. The molecule has 2 heterocycles. The molecule has 106 valence electrons. The van der Waals surface area contributed by atoms with Gasteiger partial charge in [-0.25, -0.2) is 4.98 Å². The third-order valence-electron chi connectivity index (χ3n) is 3.76. The summed E-state index contributed by atoms with van der Waals surface area (Å²) >= 11 is 12.5. The molecule has 5 heteroatoms. The first-order valence-electron chi connectivity index (χ1n) is 6.87. The van der Waals surface area contributed by atoms with Crippen LogP contribution >= 0.6 is 23.2 Å². The van der Waals surface area contributed by atoms with Gasteiger partial charge >= 0.3 is 0 Å². The molecule has 1 atom stereocenters. The van der Waals surface area contributed by atoms with Crippen molar-refractivity contribution in [3.05, 3.63) is 27.5 Å². The molecule has 1 aliphatic rings. The van der Waals surface area contributed by atoms with Gasteiger partial charge in [-0.3, -0.25) is 4.90 Å². The summed E-state index contributed by atoms with van der Waals surface area (Å²) in [6, 6.07) is 2.43. The topological polar surface area (TPSA) is 42.1 Å².